The minimum absolute atomic E-state index is 0.193. The van der Waals surface area contributed by atoms with Gasteiger partial charge in [-0.3, -0.25) is 0 Å². The number of fused-ring (bicyclic) bond motifs is 1. The zero-order valence-corrected chi connectivity index (χ0v) is 15.2. The number of nitrogens with one attached hydrogen (secondary N) is 3. The Morgan fingerprint density at radius 3 is 2.69 bits per heavy atom. The molecule has 0 atom stereocenters. The Bertz CT molecular complexity index is 849. The first-order valence-electron chi connectivity index (χ1n) is 8.60. The maximum absolute atomic E-state index is 11.5. The number of hydrogen-bond acceptors (Lipinski definition) is 2. The fourth-order valence-electron chi connectivity index (χ4n) is 2.74. The number of urea groups is 1. The highest BCUT2D eigenvalue weighted by Gasteiger charge is 2.06. The maximum Gasteiger partial charge on any atom is 0.314 e. The fraction of sp³-hybridized carbons (Fsp3) is 0.250. The van der Waals surface area contributed by atoms with Gasteiger partial charge in [0.25, 0.3) is 0 Å². The third kappa shape index (κ3) is 4.92. The van der Waals surface area contributed by atoms with Gasteiger partial charge in [0, 0.05) is 42.1 Å². The normalized spacial score (nSPS) is 10.7. The lowest BCUT2D eigenvalue weighted by atomic mass is 10.1. The Morgan fingerprint density at radius 1 is 1.08 bits per heavy atom. The zero-order chi connectivity index (χ0) is 18.2. The number of aromatic amines is 1. The molecule has 2 aromatic carbocycles. The van der Waals surface area contributed by atoms with Gasteiger partial charge >= 0.3 is 6.03 Å². The minimum atomic E-state index is -0.193. The lowest BCUT2D eigenvalue weighted by Gasteiger charge is -2.07. The van der Waals surface area contributed by atoms with E-state index in [1.807, 2.05) is 48.7 Å². The van der Waals surface area contributed by atoms with Gasteiger partial charge < -0.3 is 20.4 Å². The number of rotatable bonds is 8. The van der Waals surface area contributed by atoms with Crippen LogP contribution in [0.5, 0.6) is 5.75 Å². The van der Waals surface area contributed by atoms with Crippen LogP contribution in [0.3, 0.4) is 0 Å². The molecule has 6 heteroatoms. The van der Waals surface area contributed by atoms with Crippen LogP contribution in [0.15, 0.2) is 54.7 Å². The Morgan fingerprint density at radius 2 is 1.88 bits per heavy atom. The highest BCUT2D eigenvalue weighted by atomic mass is 35.5. The summed E-state index contributed by atoms with van der Waals surface area (Å²) in [5.74, 6) is 1.23. The van der Waals surface area contributed by atoms with Crippen molar-refractivity contribution in [3.8, 4) is 5.75 Å². The molecule has 3 N–H and O–H groups in total. The monoisotopic (exact) mass is 371 g/mol. The first kappa shape index (κ1) is 18.1. The third-order valence-corrected chi connectivity index (χ3v) is 4.24. The van der Waals surface area contributed by atoms with Crippen LogP contribution in [-0.2, 0) is 13.0 Å². The van der Waals surface area contributed by atoms with Crippen molar-refractivity contribution < 1.29 is 9.53 Å². The van der Waals surface area contributed by atoms with Gasteiger partial charge in [-0.1, -0.05) is 30.3 Å². The molecule has 0 saturated heterocycles. The molecule has 26 heavy (non-hydrogen) atoms. The highest BCUT2D eigenvalue weighted by molar-refractivity contribution is 6.18. The van der Waals surface area contributed by atoms with E-state index in [0.29, 0.717) is 25.6 Å². The van der Waals surface area contributed by atoms with Crippen molar-refractivity contribution in [1.29, 1.82) is 0 Å². The summed E-state index contributed by atoms with van der Waals surface area (Å²) in [4.78, 5) is 14.8. The largest absolute Gasteiger partial charge is 0.489 e. The molecule has 5 nitrogen and oxygen atoms in total. The summed E-state index contributed by atoms with van der Waals surface area (Å²) in [6, 6.07) is 15.9. The molecule has 0 radical (unpaired) electrons. The number of hydrogen-bond donors (Lipinski definition) is 3. The van der Waals surface area contributed by atoms with Gasteiger partial charge in [0.1, 0.15) is 12.4 Å². The van der Waals surface area contributed by atoms with Gasteiger partial charge in [-0.05, 0) is 29.7 Å². The Labute approximate surface area is 157 Å². The number of ether oxygens (including phenoxy) is 1. The summed E-state index contributed by atoms with van der Waals surface area (Å²) in [5.41, 5.74) is 3.32. The van der Waals surface area contributed by atoms with Crippen LogP contribution in [-0.4, -0.2) is 30.0 Å². The second-order valence-corrected chi connectivity index (χ2v) is 6.30. The summed E-state index contributed by atoms with van der Waals surface area (Å²) in [6.45, 7) is 1.57. The Balaban J connectivity index is 1.56. The van der Waals surface area contributed by atoms with Crippen molar-refractivity contribution >= 4 is 28.5 Å². The van der Waals surface area contributed by atoms with E-state index in [-0.39, 0.29) is 6.03 Å². The lowest BCUT2D eigenvalue weighted by Crippen LogP contribution is -2.37. The standard InChI is InChI=1S/C20H22ClN3O2/c21-9-11-23-20(25)22-10-8-16-13-24-19-12-17(6-7-18(16)19)26-14-15-4-2-1-3-5-15/h1-7,12-13,24H,8-11,14H2,(H2,22,23,25). The Hall–Kier alpha value is -2.66. The summed E-state index contributed by atoms with van der Waals surface area (Å²) in [6.07, 6.45) is 2.72. The molecule has 136 valence electrons. The van der Waals surface area contributed by atoms with Gasteiger partial charge in [-0.2, -0.15) is 0 Å². The Kier molecular flexibility index (Phi) is 6.39. The molecule has 0 aliphatic heterocycles. The lowest BCUT2D eigenvalue weighted by molar-refractivity contribution is 0.241. The van der Waals surface area contributed by atoms with Crippen LogP contribution >= 0.6 is 11.6 Å². The molecule has 0 spiro atoms. The van der Waals surface area contributed by atoms with Crippen LogP contribution < -0.4 is 15.4 Å². The van der Waals surface area contributed by atoms with Crippen LogP contribution in [0, 0.1) is 0 Å². The average molecular weight is 372 g/mol. The first-order valence-corrected chi connectivity index (χ1v) is 9.14. The van der Waals surface area contributed by atoms with Gasteiger partial charge in [0.15, 0.2) is 0 Å². The van der Waals surface area contributed by atoms with E-state index in [4.69, 9.17) is 16.3 Å². The number of carbonyl (C=O) groups is 1. The minimum Gasteiger partial charge on any atom is -0.489 e. The zero-order valence-electron chi connectivity index (χ0n) is 14.4. The number of benzene rings is 2. The number of amides is 2. The van der Waals surface area contributed by atoms with Crippen molar-refractivity contribution in [1.82, 2.24) is 15.6 Å². The van der Waals surface area contributed by atoms with E-state index in [9.17, 15) is 4.79 Å². The molecule has 1 heterocycles. The van der Waals surface area contributed by atoms with E-state index >= 15 is 0 Å². The highest BCUT2D eigenvalue weighted by Crippen LogP contribution is 2.24. The van der Waals surface area contributed by atoms with Gasteiger partial charge in [-0.15, -0.1) is 11.6 Å². The van der Waals surface area contributed by atoms with Gasteiger partial charge in [0.2, 0.25) is 0 Å². The summed E-state index contributed by atoms with van der Waals surface area (Å²) in [7, 11) is 0. The van der Waals surface area contributed by atoms with Gasteiger partial charge in [0.05, 0.1) is 0 Å². The average Bonchev–Trinajstić information content (AvgIpc) is 3.08. The van der Waals surface area contributed by atoms with Crippen molar-refractivity contribution in [3.63, 3.8) is 0 Å². The molecule has 1 aromatic heterocycles. The number of alkyl halides is 1. The number of halogens is 1. The van der Waals surface area contributed by atoms with E-state index in [1.54, 1.807) is 0 Å². The third-order valence-electron chi connectivity index (χ3n) is 4.05. The van der Waals surface area contributed by atoms with Crippen molar-refractivity contribution in [2.75, 3.05) is 19.0 Å². The molecule has 2 amide bonds. The maximum atomic E-state index is 11.5. The molecule has 3 aromatic rings. The predicted molar refractivity (Wildman–Crippen MR) is 105 cm³/mol. The molecular weight excluding hydrogens is 350 g/mol. The number of aromatic nitrogens is 1. The molecule has 0 aliphatic carbocycles. The molecule has 0 bridgehead atoms. The van der Waals surface area contributed by atoms with Crippen molar-refractivity contribution in [2.45, 2.75) is 13.0 Å². The van der Waals surface area contributed by atoms with Crippen LogP contribution in [0.1, 0.15) is 11.1 Å². The number of H-pyrrole nitrogens is 1. The van der Waals surface area contributed by atoms with E-state index in [2.05, 4.69) is 21.7 Å². The fourth-order valence-corrected chi connectivity index (χ4v) is 2.83. The smallest absolute Gasteiger partial charge is 0.314 e. The van der Waals surface area contributed by atoms with Crippen LogP contribution in [0.25, 0.3) is 10.9 Å². The summed E-state index contributed by atoms with van der Waals surface area (Å²) >= 11 is 5.54. The van der Waals surface area contributed by atoms with E-state index < -0.39 is 0 Å². The van der Waals surface area contributed by atoms with E-state index in [0.717, 1.165) is 34.2 Å². The van der Waals surface area contributed by atoms with Crippen LogP contribution in [0.2, 0.25) is 0 Å². The molecule has 0 aliphatic rings. The summed E-state index contributed by atoms with van der Waals surface area (Å²) < 4.78 is 5.86. The molecule has 0 saturated carbocycles. The topological polar surface area (TPSA) is 66.2 Å². The second-order valence-electron chi connectivity index (χ2n) is 5.92. The molecule has 3 rings (SSSR count). The second kappa shape index (κ2) is 9.15. The quantitative estimate of drug-likeness (QED) is 0.527. The molecule has 0 fully saturated rings. The van der Waals surface area contributed by atoms with Crippen LogP contribution in [0.4, 0.5) is 4.79 Å². The van der Waals surface area contributed by atoms with Crippen molar-refractivity contribution in [3.05, 3.63) is 65.9 Å². The molecule has 0 unspecified atom stereocenters. The van der Waals surface area contributed by atoms with Gasteiger partial charge in [-0.25, -0.2) is 4.79 Å². The number of carbonyl (C=O) groups excluding carboxylic acids is 1. The molecular formula is C20H22ClN3O2. The first-order chi connectivity index (χ1) is 12.8. The summed E-state index contributed by atoms with van der Waals surface area (Å²) in [5, 5.41) is 6.64. The van der Waals surface area contributed by atoms with E-state index in [1.165, 1.54) is 0 Å². The van der Waals surface area contributed by atoms with Crippen molar-refractivity contribution in [2.24, 2.45) is 0 Å². The predicted octanol–water partition coefficient (Wildman–Crippen LogP) is 3.83. The SMILES string of the molecule is O=C(NCCCl)NCCc1c[nH]c2cc(OCc3ccccc3)ccc12.